The minimum Gasteiger partial charge on any atom is -0.497 e. The molecule has 0 bridgehead atoms. The van der Waals surface area contributed by atoms with E-state index in [0.29, 0.717) is 5.16 Å². The number of anilines is 1. The number of amides is 1. The summed E-state index contributed by atoms with van der Waals surface area (Å²) in [6, 6.07) is 7.25. The first-order chi connectivity index (χ1) is 14.2. The highest BCUT2D eigenvalue weighted by atomic mass is 32.2. The summed E-state index contributed by atoms with van der Waals surface area (Å²) in [6.07, 6.45) is 6.43. The maximum atomic E-state index is 12.3. The molecule has 1 amide bonds. The summed E-state index contributed by atoms with van der Waals surface area (Å²) in [6.45, 7) is 0. The monoisotopic (exact) mass is 425 g/mol. The first-order valence-electron chi connectivity index (χ1n) is 9.43. The molecule has 3 aromatic heterocycles. The van der Waals surface area contributed by atoms with Crippen molar-refractivity contribution in [2.24, 2.45) is 0 Å². The van der Waals surface area contributed by atoms with E-state index in [9.17, 15) is 4.79 Å². The van der Waals surface area contributed by atoms with Crippen LogP contribution < -0.4 is 10.1 Å². The van der Waals surface area contributed by atoms with E-state index in [-0.39, 0.29) is 11.7 Å². The van der Waals surface area contributed by atoms with E-state index in [1.807, 2.05) is 28.7 Å². The van der Waals surface area contributed by atoms with Crippen LogP contribution >= 0.6 is 23.1 Å². The molecule has 0 spiro atoms. The van der Waals surface area contributed by atoms with Gasteiger partial charge in [0.05, 0.1) is 18.2 Å². The number of aryl methyl sites for hydroxylation is 2. The predicted octanol–water partition coefficient (Wildman–Crippen LogP) is 3.96. The number of aromatic nitrogens is 4. The molecule has 0 saturated carbocycles. The number of thioether (sulfide) groups is 1. The molecular weight excluding hydrogens is 406 g/mol. The second kappa shape index (κ2) is 7.64. The van der Waals surface area contributed by atoms with Crippen LogP contribution in [0.5, 0.6) is 5.75 Å². The maximum absolute atomic E-state index is 12.3. The Morgan fingerprint density at radius 3 is 2.90 bits per heavy atom. The van der Waals surface area contributed by atoms with Gasteiger partial charge in [0.2, 0.25) is 5.91 Å². The molecule has 0 saturated heterocycles. The lowest BCUT2D eigenvalue weighted by Gasteiger charge is -2.10. The van der Waals surface area contributed by atoms with E-state index in [2.05, 4.69) is 20.5 Å². The highest BCUT2D eigenvalue weighted by Crippen LogP contribution is 2.37. The van der Waals surface area contributed by atoms with E-state index in [1.165, 1.54) is 35.0 Å². The molecule has 0 fully saturated rings. The topological polar surface area (TPSA) is 81.4 Å². The maximum Gasteiger partial charge on any atom is 0.234 e. The van der Waals surface area contributed by atoms with Crippen LogP contribution in [0.3, 0.4) is 0 Å². The quantitative estimate of drug-likeness (QED) is 0.488. The van der Waals surface area contributed by atoms with Gasteiger partial charge in [0.15, 0.2) is 10.8 Å². The number of carbonyl (C=O) groups is 1. The molecule has 5 rings (SSSR count). The molecule has 148 valence electrons. The third-order valence-electron chi connectivity index (χ3n) is 5.04. The zero-order valence-corrected chi connectivity index (χ0v) is 17.5. The van der Waals surface area contributed by atoms with Crippen molar-refractivity contribution in [1.82, 2.24) is 19.6 Å². The zero-order chi connectivity index (χ0) is 19.8. The number of carbonyl (C=O) groups excluding carboxylic acids is 1. The largest absolute Gasteiger partial charge is 0.497 e. The molecule has 9 heteroatoms. The molecule has 0 unspecified atom stereocenters. The lowest BCUT2D eigenvalue weighted by Crippen LogP contribution is -2.14. The van der Waals surface area contributed by atoms with E-state index in [0.717, 1.165) is 40.1 Å². The van der Waals surface area contributed by atoms with Crippen molar-refractivity contribution in [3.8, 4) is 5.75 Å². The Morgan fingerprint density at radius 2 is 2.07 bits per heavy atom. The fraction of sp³-hybridized carbons (Fsp3) is 0.300. The molecule has 1 aliphatic carbocycles. The van der Waals surface area contributed by atoms with E-state index in [1.54, 1.807) is 24.8 Å². The first kappa shape index (κ1) is 18.4. The van der Waals surface area contributed by atoms with Crippen molar-refractivity contribution in [1.29, 1.82) is 0 Å². The van der Waals surface area contributed by atoms with Crippen molar-refractivity contribution < 1.29 is 9.53 Å². The van der Waals surface area contributed by atoms with Crippen molar-refractivity contribution in [3.63, 3.8) is 0 Å². The number of benzene rings is 1. The van der Waals surface area contributed by atoms with Crippen LogP contribution in [0.15, 0.2) is 35.7 Å². The Labute approximate surface area is 175 Å². The van der Waals surface area contributed by atoms with Crippen molar-refractivity contribution >= 4 is 50.6 Å². The summed E-state index contributed by atoms with van der Waals surface area (Å²) < 4.78 is 7.03. The second-order valence-corrected chi connectivity index (χ2v) is 8.90. The normalized spacial score (nSPS) is 13.6. The van der Waals surface area contributed by atoms with Crippen molar-refractivity contribution in [2.75, 3.05) is 18.2 Å². The Hall–Kier alpha value is -2.65. The lowest BCUT2D eigenvalue weighted by molar-refractivity contribution is -0.113. The molecule has 1 N–H and O–H groups in total. The predicted molar refractivity (Wildman–Crippen MR) is 115 cm³/mol. The first-order valence-corrected chi connectivity index (χ1v) is 11.2. The number of methoxy groups -OCH3 is 1. The fourth-order valence-corrected chi connectivity index (χ4v) is 5.56. The molecule has 7 nitrogen and oxygen atoms in total. The number of nitrogens with zero attached hydrogens (tertiary/aromatic N) is 4. The Bertz CT molecular complexity index is 1200. The molecule has 0 aliphatic heterocycles. The van der Waals surface area contributed by atoms with E-state index in [4.69, 9.17) is 4.74 Å². The number of nitrogens with one attached hydrogen (secondary N) is 1. The number of hydrogen-bond acceptors (Lipinski definition) is 7. The molecule has 1 aliphatic rings. The molecule has 4 aromatic rings. The lowest BCUT2D eigenvalue weighted by atomic mass is 9.97. The van der Waals surface area contributed by atoms with Gasteiger partial charge in [-0.05, 0) is 55.5 Å². The van der Waals surface area contributed by atoms with Gasteiger partial charge in [-0.15, -0.1) is 21.5 Å². The summed E-state index contributed by atoms with van der Waals surface area (Å²) in [7, 11) is 1.61. The fourth-order valence-electron chi connectivity index (χ4n) is 3.63. The summed E-state index contributed by atoms with van der Waals surface area (Å²) >= 11 is 3.13. The van der Waals surface area contributed by atoms with Crippen molar-refractivity contribution in [3.05, 3.63) is 41.0 Å². The molecule has 0 atom stereocenters. The van der Waals surface area contributed by atoms with Gasteiger partial charge in [0.25, 0.3) is 0 Å². The second-order valence-electron chi connectivity index (χ2n) is 6.88. The van der Waals surface area contributed by atoms with Gasteiger partial charge in [-0.2, -0.15) is 0 Å². The molecule has 3 heterocycles. The molecule has 1 aromatic carbocycles. The highest BCUT2D eigenvalue weighted by Gasteiger charge is 2.21. The van der Waals surface area contributed by atoms with Gasteiger partial charge in [-0.3, -0.25) is 9.20 Å². The van der Waals surface area contributed by atoms with Crippen LogP contribution in [-0.4, -0.2) is 38.4 Å². The number of rotatable bonds is 5. The van der Waals surface area contributed by atoms with Crippen LogP contribution in [-0.2, 0) is 17.6 Å². The number of hydrogen-bond donors (Lipinski definition) is 1. The van der Waals surface area contributed by atoms with Crippen LogP contribution in [0.1, 0.15) is 23.3 Å². The van der Waals surface area contributed by atoms with E-state index < -0.39 is 0 Å². The Morgan fingerprint density at radius 1 is 1.24 bits per heavy atom. The zero-order valence-electron chi connectivity index (χ0n) is 15.8. The van der Waals surface area contributed by atoms with Crippen LogP contribution in [0, 0.1) is 0 Å². The Balaban J connectivity index is 1.34. The standard InChI is InChI=1S/C20H19N5O2S2/c1-27-13-8-6-12(7-9-13)22-16(26)10-28-20-24-23-18-17-14-4-2-3-5-15(14)29-19(17)21-11-25(18)20/h6-9,11H,2-5,10H2,1H3,(H,22,26). The van der Waals surface area contributed by atoms with Gasteiger partial charge in [0.1, 0.15) is 16.9 Å². The Kier molecular flexibility index (Phi) is 4.84. The van der Waals surface area contributed by atoms with Crippen LogP contribution in [0.4, 0.5) is 5.69 Å². The average Bonchev–Trinajstić information content (AvgIpc) is 3.33. The summed E-state index contributed by atoms with van der Waals surface area (Å²) in [5, 5.41) is 13.4. The van der Waals surface area contributed by atoms with Gasteiger partial charge in [0, 0.05) is 10.6 Å². The molecular formula is C20H19N5O2S2. The van der Waals surface area contributed by atoms with Gasteiger partial charge in [-0.25, -0.2) is 4.98 Å². The third-order valence-corrected chi connectivity index (χ3v) is 7.18. The van der Waals surface area contributed by atoms with Crippen molar-refractivity contribution in [2.45, 2.75) is 30.8 Å². The summed E-state index contributed by atoms with van der Waals surface area (Å²) in [5.41, 5.74) is 2.96. The SMILES string of the molecule is COc1ccc(NC(=O)CSc2nnc3c4c5c(sc4ncn23)CCCC5)cc1. The van der Waals surface area contributed by atoms with E-state index >= 15 is 0 Å². The highest BCUT2D eigenvalue weighted by molar-refractivity contribution is 7.99. The number of fused-ring (bicyclic) bond motifs is 5. The van der Waals surface area contributed by atoms with Crippen LogP contribution in [0.2, 0.25) is 0 Å². The summed E-state index contributed by atoms with van der Waals surface area (Å²) in [5.74, 6) is 0.896. The smallest absolute Gasteiger partial charge is 0.234 e. The minimum absolute atomic E-state index is 0.0983. The number of ether oxygens (including phenoxy) is 1. The van der Waals surface area contributed by atoms with Gasteiger partial charge >= 0.3 is 0 Å². The minimum atomic E-state index is -0.0983. The van der Waals surface area contributed by atoms with Gasteiger partial charge < -0.3 is 10.1 Å². The number of thiophene rings is 1. The molecule has 29 heavy (non-hydrogen) atoms. The summed E-state index contributed by atoms with van der Waals surface area (Å²) in [4.78, 5) is 19.4. The van der Waals surface area contributed by atoms with Gasteiger partial charge in [-0.1, -0.05) is 11.8 Å². The third kappa shape index (κ3) is 3.44. The average molecular weight is 426 g/mol. The molecule has 0 radical (unpaired) electrons. The van der Waals surface area contributed by atoms with Crippen LogP contribution in [0.25, 0.3) is 15.9 Å².